The molecule has 86 valence electrons. The molecule has 16 heavy (non-hydrogen) atoms. The Kier molecular flexibility index (Phi) is 3.70. The highest BCUT2D eigenvalue weighted by atomic mass is 19.1. The third-order valence-corrected chi connectivity index (χ3v) is 3.54. The fourth-order valence-corrected chi connectivity index (χ4v) is 2.67. The summed E-state index contributed by atoms with van der Waals surface area (Å²) in [6.45, 7) is 0. The fourth-order valence-electron chi connectivity index (χ4n) is 2.67. The van der Waals surface area contributed by atoms with Crippen LogP contribution in [0.2, 0.25) is 0 Å². The van der Waals surface area contributed by atoms with Gasteiger partial charge in [-0.25, -0.2) is 4.39 Å². The minimum Gasteiger partial charge on any atom is -0.303 e. The first kappa shape index (κ1) is 11.3. The average Bonchev–Trinajstić information content (AvgIpc) is 2.31. The Bertz CT molecular complexity index is 356. The van der Waals surface area contributed by atoms with E-state index in [2.05, 4.69) is 0 Å². The number of benzene rings is 1. The Hall–Kier alpha value is -1.18. The maximum Gasteiger partial charge on any atom is 0.127 e. The minimum absolute atomic E-state index is 0.115. The second-order valence-electron chi connectivity index (χ2n) is 4.61. The third-order valence-electron chi connectivity index (χ3n) is 3.54. The van der Waals surface area contributed by atoms with Crippen molar-refractivity contribution >= 4 is 6.29 Å². The Morgan fingerprint density at radius 2 is 2.00 bits per heavy atom. The third kappa shape index (κ3) is 2.49. The Morgan fingerprint density at radius 1 is 1.25 bits per heavy atom. The van der Waals surface area contributed by atoms with Crippen LogP contribution < -0.4 is 0 Å². The SMILES string of the molecule is O=CC(c1cccc(F)c1)C1CCCCC1. The van der Waals surface area contributed by atoms with Gasteiger partial charge >= 0.3 is 0 Å². The molecular formula is C14H17FO. The van der Waals surface area contributed by atoms with E-state index in [1.165, 1.54) is 31.4 Å². The van der Waals surface area contributed by atoms with Crippen molar-refractivity contribution in [2.45, 2.75) is 38.0 Å². The van der Waals surface area contributed by atoms with Crippen LogP contribution in [0.15, 0.2) is 24.3 Å². The maximum absolute atomic E-state index is 13.1. The summed E-state index contributed by atoms with van der Waals surface area (Å²) in [5, 5.41) is 0. The van der Waals surface area contributed by atoms with E-state index in [1.54, 1.807) is 6.07 Å². The Morgan fingerprint density at radius 3 is 2.62 bits per heavy atom. The number of carbonyl (C=O) groups excluding carboxylic acids is 1. The summed E-state index contributed by atoms with van der Waals surface area (Å²) >= 11 is 0. The van der Waals surface area contributed by atoms with E-state index < -0.39 is 0 Å². The lowest BCUT2D eigenvalue weighted by Gasteiger charge is -2.26. The highest BCUT2D eigenvalue weighted by Gasteiger charge is 2.24. The molecule has 0 amide bonds. The zero-order chi connectivity index (χ0) is 11.4. The lowest BCUT2D eigenvalue weighted by molar-refractivity contribution is -0.110. The van der Waals surface area contributed by atoms with Gasteiger partial charge in [-0.3, -0.25) is 0 Å². The quantitative estimate of drug-likeness (QED) is 0.710. The van der Waals surface area contributed by atoms with Crippen molar-refractivity contribution in [2.75, 3.05) is 0 Å². The molecule has 0 aliphatic heterocycles. The van der Waals surface area contributed by atoms with Crippen molar-refractivity contribution in [1.82, 2.24) is 0 Å². The predicted molar refractivity (Wildman–Crippen MR) is 61.8 cm³/mol. The number of aldehydes is 1. The molecule has 0 saturated heterocycles. The van der Waals surface area contributed by atoms with Gasteiger partial charge in [0.2, 0.25) is 0 Å². The van der Waals surface area contributed by atoms with Gasteiger partial charge in [0, 0.05) is 5.92 Å². The van der Waals surface area contributed by atoms with Crippen molar-refractivity contribution in [3.8, 4) is 0 Å². The van der Waals surface area contributed by atoms with E-state index in [-0.39, 0.29) is 11.7 Å². The van der Waals surface area contributed by atoms with E-state index in [0.717, 1.165) is 24.7 Å². The van der Waals surface area contributed by atoms with Gasteiger partial charge < -0.3 is 4.79 Å². The van der Waals surface area contributed by atoms with E-state index in [1.807, 2.05) is 6.07 Å². The smallest absolute Gasteiger partial charge is 0.127 e. The van der Waals surface area contributed by atoms with Gasteiger partial charge in [0.25, 0.3) is 0 Å². The molecule has 1 aromatic rings. The molecule has 1 unspecified atom stereocenters. The summed E-state index contributed by atoms with van der Waals surface area (Å²) in [4.78, 5) is 11.2. The van der Waals surface area contributed by atoms with Gasteiger partial charge in [-0.2, -0.15) is 0 Å². The van der Waals surface area contributed by atoms with Gasteiger partial charge in [0.15, 0.2) is 0 Å². The molecule has 0 radical (unpaired) electrons. The molecule has 1 aromatic carbocycles. The van der Waals surface area contributed by atoms with Gasteiger partial charge in [-0.05, 0) is 36.5 Å². The van der Waals surface area contributed by atoms with Crippen molar-refractivity contribution in [1.29, 1.82) is 0 Å². The van der Waals surface area contributed by atoms with E-state index in [4.69, 9.17) is 0 Å². The summed E-state index contributed by atoms with van der Waals surface area (Å²) in [5.41, 5.74) is 0.835. The molecule has 0 aromatic heterocycles. The molecule has 0 spiro atoms. The predicted octanol–water partition coefficient (Wildman–Crippen LogP) is 3.69. The monoisotopic (exact) mass is 220 g/mol. The van der Waals surface area contributed by atoms with Crippen molar-refractivity contribution in [2.24, 2.45) is 5.92 Å². The first-order chi connectivity index (χ1) is 7.81. The number of rotatable bonds is 3. The Balaban J connectivity index is 2.17. The molecule has 0 bridgehead atoms. The second-order valence-corrected chi connectivity index (χ2v) is 4.61. The van der Waals surface area contributed by atoms with Crippen molar-refractivity contribution in [3.05, 3.63) is 35.6 Å². The van der Waals surface area contributed by atoms with E-state index in [9.17, 15) is 9.18 Å². The summed E-state index contributed by atoms with van der Waals surface area (Å²) in [6.07, 6.45) is 6.85. The molecule has 1 nitrogen and oxygen atoms in total. The first-order valence-electron chi connectivity index (χ1n) is 6.02. The van der Waals surface area contributed by atoms with Gasteiger partial charge in [0.1, 0.15) is 12.1 Å². The van der Waals surface area contributed by atoms with Crippen LogP contribution in [-0.2, 0) is 4.79 Å². The first-order valence-corrected chi connectivity index (χ1v) is 6.02. The molecule has 1 saturated carbocycles. The van der Waals surface area contributed by atoms with Crippen molar-refractivity contribution in [3.63, 3.8) is 0 Å². The maximum atomic E-state index is 13.1. The topological polar surface area (TPSA) is 17.1 Å². The summed E-state index contributed by atoms with van der Waals surface area (Å²) in [5.74, 6) is 0.0456. The van der Waals surface area contributed by atoms with E-state index >= 15 is 0 Å². The zero-order valence-electron chi connectivity index (χ0n) is 9.36. The number of hydrogen-bond donors (Lipinski definition) is 0. The average molecular weight is 220 g/mol. The highest BCUT2D eigenvalue weighted by molar-refractivity contribution is 5.62. The van der Waals surface area contributed by atoms with Gasteiger partial charge in [-0.15, -0.1) is 0 Å². The van der Waals surface area contributed by atoms with E-state index in [0.29, 0.717) is 5.92 Å². The normalized spacial score (nSPS) is 19.3. The summed E-state index contributed by atoms with van der Waals surface area (Å²) in [7, 11) is 0. The summed E-state index contributed by atoms with van der Waals surface area (Å²) < 4.78 is 13.1. The zero-order valence-corrected chi connectivity index (χ0v) is 9.36. The largest absolute Gasteiger partial charge is 0.303 e. The second kappa shape index (κ2) is 5.24. The van der Waals surface area contributed by atoms with Gasteiger partial charge in [0.05, 0.1) is 0 Å². The molecular weight excluding hydrogens is 203 g/mol. The molecule has 0 N–H and O–H groups in total. The standard InChI is InChI=1S/C14H17FO/c15-13-8-4-7-12(9-13)14(10-16)11-5-2-1-3-6-11/h4,7-11,14H,1-3,5-6H2. The molecule has 1 aliphatic rings. The van der Waals surface area contributed by atoms with Crippen LogP contribution in [0.1, 0.15) is 43.6 Å². The molecule has 1 fully saturated rings. The highest BCUT2D eigenvalue weighted by Crippen LogP contribution is 2.34. The van der Waals surface area contributed by atoms with Crippen LogP contribution in [0.3, 0.4) is 0 Å². The number of halogens is 1. The summed E-state index contributed by atoms with van der Waals surface area (Å²) in [6, 6.07) is 6.46. The van der Waals surface area contributed by atoms with Gasteiger partial charge in [-0.1, -0.05) is 31.4 Å². The van der Waals surface area contributed by atoms with Crippen LogP contribution in [-0.4, -0.2) is 6.29 Å². The molecule has 2 heteroatoms. The number of hydrogen-bond acceptors (Lipinski definition) is 1. The molecule has 2 rings (SSSR count). The molecule has 1 aliphatic carbocycles. The minimum atomic E-state index is -0.250. The molecule has 1 atom stereocenters. The van der Waals surface area contributed by atoms with Crippen LogP contribution in [0, 0.1) is 11.7 Å². The van der Waals surface area contributed by atoms with Crippen LogP contribution in [0.25, 0.3) is 0 Å². The Labute approximate surface area is 95.7 Å². The van der Waals surface area contributed by atoms with Crippen LogP contribution >= 0.6 is 0 Å². The lowest BCUT2D eigenvalue weighted by Crippen LogP contribution is -2.17. The lowest BCUT2D eigenvalue weighted by atomic mass is 9.77. The number of carbonyl (C=O) groups is 1. The molecule has 0 heterocycles. The van der Waals surface area contributed by atoms with Crippen LogP contribution in [0.4, 0.5) is 4.39 Å². The van der Waals surface area contributed by atoms with Crippen molar-refractivity contribution < 1.29 is 9.18 Å². The van der Waals surface area contributed by atoms with Crippen LogP contribution in [0.5, 0.6) is 0 Å². The fraction of sp³-hybridized carbons (Fsp3) is 0.500.